The molecule has 0 spiro atoms. The first-order chi connectivity index (χ1) is 14.5. The highest BCUT2D eigenvalue weighted by molar-refractivity contribution is 5.94. The van der Waals surface area contributed by atoms with Crippen LogP contribution in [0.3, 0.4) is 0 Å². The first kappa shape index (κ1) is 20.1. The smallest absolute Gasteiger partial charge is 0.335 e. The number of H-pyrrole nitrogens is 2. The van der Waals surface area contributed by atoms with Crippen molar-refractivity contribution in [2.24, 2.45) is 0 Å². The highest BCUT2D eigenvalue weighted by atomic mass is 35.5. The van der Waals surface area contributed by atoms with Crippen LogP contribution in [0.4, 0.5) is 0 Å². The van der Waals surface area contributed by atoms with Crippen molar-refractivity contribution >= 4 is 46.4 Å². The molecule has 0 aliphatic carbocycles. The number of aromatic nitrogens is 4. The van der Waals surface area contributed by atoms with Crippen molar-refractivity contribution in [1.82, 2.24) is 19.9 Å². The number of carboxylic acid groups (broad SMARTS) is 2. The second-order valence-electron chi connectivity index (χ2n) is 6.83. The van der Waals surface area contributed by atoms with E-state index in [9.17, 15) is 9.59 Å². The van der Waals surface area contributed by atoms with Gasteiger partial charge < -0.3 is 20.2 Å². The van der Waals surface area contributed by atoms with Gasteiger partial charge in [-0.05, 0) is 42.5 Å². The lowest BCUT2D eigenvalue weighted by atomic mass is 10.1. The third-order valence-corrected chi connectivity index (χ3v) is 4.87. The highest BCUT2D eigenvalue weighted by Crippen LogP contribution is 2.27. The third kappa shape index (κ3) is 3.60. The van der Waals surface area contributed by atoms with Gasteiger partial charge >= 0.3 is 11.9 Å². The summed E-state index contributed by atoms with van der Waals surface area (Å²) < 4.78 is 0. The summed E-state index contributed by atoms with van der Waals surface area (Å²) in [5.74, 6) is -0.769. The quantitative estimate of drug-likeness (QED) is 0.327. The molecule has 0 bridgehead atoms. The summed E-state index contributed by atoms with van der Waals surface area (Å²) in [6.07, 6.45) is 0. The number of rotatable bonds is 4. The molecule has 8 nitrogen and oxygen atoms in total. The average molecular weight is 435 g/mol. The number of carboxylic acids is 2. The lowest BCUT2D eigenvalue weighted by Gasteiger charge is -2.00. The molecule has 31 heavy (non-hydrogen) atoms. The molecule has 0 radical (unpaired) electrons. The molecule has 0 unspecified atom stereocenters. The molecule has 0 saturated carbocycles. The number of hydrogen-bond donors (Lipinski definition) is 4. The Labute approximate surface area is 181 Å². The minimum Gasteiger partial charge on any atom is -0.478 e. The fourth-order valence-corrected chi connectivity index (χ4v) is 3.37. The second-order valence-corrected chi connectivity index (χ2v) is 6.83. The summed E-state index contributed by atoms with van der Waals surface area (Å²) in [7, 11) is 0. The maximum absolute atomic E-state index is 11.2. The van der Waals surface area contributed by atoms with Crippen LogP contribution < -0.4 is 0 Å². The van der Waals surface area contributed by atoms with Crippen LogP contribution in [0, 0.1) is 0 Å². The van der Waals surface area contributed by atoms with Crippen LogP contribution in [-0.4, -0.2) is 42.1 Å². The molecule has 0 aliphatic heterocycles. The van der Waals surface area contributed by atoms with E-state index in [-0.39, 0.29) is 23.5 Å². The van der Waals surface area contributed by atoms with E-state index in [1.54, 1.807) is 24.3 Å². The van der Waals surface area contributed by atoms with Gasteiger partial charge in [0.25, 0.3) is 0 Å². The van der Waals surface area contributed by atoms with Gasteiger partial charge in [0.05, 0.1) is 33.2 Å². The average Bonchev–Trinajstić information content (AvgIpc) is 3.36. The molecule has 0 aliphatic rings. The third-order valence-electron chi connectivity index (χ3n) is 4.87. The van der Waals surface area contributed by atoms with E-state index in [0.717, 1.165) is 11.1 Å². The Hall–Kier alpha value is -4.17. The number of halogens is 1. The fourth-order valence-electron chi connectivity index (χ4n) is 3.37. The van der Waals surface area contributed by atoms with Gasteiger partial charge in [-0.15, -0.1) is 12.4 Å². The van der Waals surface area contributed by atoms with Crippen molar-refractivity contribution in [1.29, 1.82) is 0 Å². The molecule has 154 valence electrons. The van der Waals surface area contributed by atoms with Gasteiger partial charge in [0.1, 0.15) is 11.6 Å². The maximum atomic E-state index is 11.2. The predicted molar refractivity (Wildman–Crippen MR) is 118 cm³/mol. The van der Waals surface area contributed by atoms with Crippen molar-refractivity contribution in [2.75, 3.05) is 0 Å². The number of benzene rings is 3. The first-order valence-electron chi connectivity index (χ1n) is 9.05. The zero-order valence-electron chi connectivity index (χ0n) is 15.8. The summed E-state index contributed by atoms with van der Waals surface area (Å²) in [4.78, 5) is 37.8. The molecule has 3 aromatic carbocycles. The van der Waals surface area contributed by atoms with E-state index < -0.39 is 11.9 Å². The van der Waals surface area contributed by atoms with E-state index in [1.807, 2.05) is 24.3 Å². The summed E-state index contributed by atoms with van der Waals surface area (Å²) in [5.41, 5.74) is 4.62. The Morgan fingerprint density at radius 2 is 1.13 bits per heavy atom. The molecule has 0 amide bonds. The number of nitrogens with zero attached hydrogens (tertiary/aromatic N) is 2. The van der Waals surface area contributed by atoms with Crippen LogP contribution in [0.15, 0.2) is 60.7 Å². The van der Waals surface area contributed by atoms with Gasteiger partial charge in [-0.3, -0.25) is 0 Å². The molecule has 5 aromatic rings. The van der Waals surface area contributed by atoms with Crippen LogP contribution in [0.1, 0.15) is 20.7 Å². The minimum absolute atomic E-state index is 0. The van der Waals surface area contributed by atoms with E-state index in [1.165, 1.54) is 12.1 Å². The second kappa shape index (κ2) is 7.58. The highest BCUT2D eigenvalue weighted by Gasteiger charge is 2.12. The van der Waals surface area contributed by atoms with Crippen molar-refractivity contribution in [2.45, 2.75) is 0 Å². The van der Waals surface area contributed by atoms with Gasteiger partial charge in [0, 0.05) is 11.1 Å². The fraction of sp³-hybridized carbons (Fsp3) is 0. The van der Waals surface area contributed by atoms with Crippen LogP contribution in [0.5, 0.6) is 0 Å². The molecule has 2 heterocycles. The Kier molecular flexibility index (Phi) is 4.92. The van der Waals surface area contributed by atoms with Gasteiger partial charge in [-0.25, -0.2) is 19.6 Å². The zero-order valence-corrected chi connectivity index (χ0v) is 16.6. The standard InChI is InChI=1S/C22H14N4O4.ClH/c27-21(28)13-4-6-15-17(9-13)25-19(23-15)11-2-1-3-12(8-11)20-24-16-7-5-14(22(29)30)10-18(16)26-20;/h1-10H,(H,23,25)(H,24,26)(H,27,28)(H,29,30);1H. The van der Waals surface area contributed by atoms with E-state index in [2.05, 4.69) is 19.9 Å². The molecule has 5 rings (SSSR count). The number of carbonyl (C=O) groups is 2. The van der Waals surface area contributed by atoms with E-state index in [4.69, 9.17) is 10.2 Å². The number of nitrogens with one attached hydrogen (secondary N) is 2. The van der Waals surface area contributed by atoms with Gasteiger partial charge in [-0.1, -0.05) is 18.2 Å². The normalized spacial score (nSPS) is 10.8. The minimum atomic E-state index is -0.994. The van der Waals surface area contributed by atoms with E-state index >= 15 is 0 Å². The number of fused-ring (bicyclic) bond motifs is 2. The molecule has 4 N–H and O–H groups in total. The first-order valence-corrected chi connectivity index (χ1v) is 9.05. The molecular weight excluding hydrogens is 420 g/mol. The summed E-state index contributed by atoms with van der Waals surface area (Å²) in [6, 6.07) is 17.0. The van der Waals surface area contributed by atoms with Crippen molar-refractivity contribution < 1.29 is 19.8 Å². The summed E-state index contributed by atoms with van der Waals surface area (Å²) in [5, 5.41) is 18.3. The number of aromatic carboxylic acids is 2. The maximum Gasteiger partial charge on any atom is 0.335 e. The van der Waals surface area contributed by atoms with Crippen LogP contribution in [-0.2, 0) is 0 Å². The van der Waals surface area contributed by atoms with Crippen molar-refractivity contribution in [3.05, 3.63) is 71.8 Å². The molecule has 0 saturated heterocycles. The lowest BCUT2D eigenvalue weighted by molar-refractivity contribution is 0.0686. The number of hydrogen-bond acceptors (Lipinski definition) is 4. The van der Waals surface area contributed by atoms with Crippen LogP contribution >= 0.6 is 12.4 Å². The molecule has 9 heteroatoms. The van der Waals surface area contributed by atoms with Gasteiger partial charge in [0.2, 0.25) is 0 Å². The Bertz CT molecular complexity index is 1360. The van der Waals surface area contributed by atoms with E-state index in [0.29, 0.717) is 33.7 Å². The summed E-state index contributed by atoms with van der Waals surface area (Å²) in [6.45, 7) is 0. The number of imidazole rings is 2. The lowest BCUT2D eigenvalue weighted by Crippen LogP contribution is -1.94. The molecule has 0 fully saturated rings. The Morgan fingerprint density at radius 3 is 1.55 bits per heavy atom. The zero-order chi connectivity index (χ0) is 20.8. The van der Waals surface area contributed by atoms with Crippen molar-refractivity contribution in [3.8, 4) is 22.8 Å². The van der Waals surface area contributed by atoms with Crippen LogP contribution in [0.25, 0.3) is 44.8 Å². The van der Waals surface area contributed by atoms with Gasteiger partial charge in [-0.2, -0.15) is 0 Å². The van der Waals surface area contributed by atoms with Gasteiger partial charge in [0.15, 0.2) is 0 Å². The Morgan fingerprint density at radius 1 is 0.677 bits per heavy atom. The molecular formula is C22H15ClN4O4. The largest absolute Gasteiger partial charge is 0.478 e. The van der Waals surface area contributed by atoms with Crippen molar-refractivity contribution in [3.63, 3.8) is 0 Å². The van der Waals surface area contributed by atoms with Crippen LogP contribution in [0.2, 0.25) is 0 Å². The summed E-state index contributed by atoms with van der Waals surface area (Å²) >= 11 is 0. The topological polar surface area (TPSA) is 132 Å². The SMILES string of the molecule is Cl.O=C(O)c1ccc2nc(-c3cccc(-c4nc5ccc(C(=O)O)cc5[nH]4)c3)[nH]c2c1. The molecule has 2 aromatic heterocycles. The monoisotopic (exact) mass is 434 g/mol. The predicted octanol–water partition coefficient (Wildman–Crippen LogP) is 4.59. The number of aromatic amines is 2. The Balaban J connectivity index is 0.00000231. The molecule has 0 atom stereocenters.